The first-order chi connectivity index (χ1) is 15.4. The molecule has 1 aliphatic rings. The van der Waals surface area contributed by atoms with Crippen LogP contribution in [0.2, 0.25) is 0 Å². The molecule has 2 aromatic rings. The van der Waals surface area contributed by atoms with Crippen LogP contribution in [0.5, 0.6) is 0 Å². The molecule has 7 heteroatoms. The van der Waals surface area contributed by atoms with Gasteiger partial charge in [-0.25, -0.2) is 0 Å². The fourth-order valence-corrected chi connectivity index (χ4v) is 3.33. The number of benzene rings is 2. The van der Waals surface area contributed by atoms with Crippen molar-refractivity contribution in [3.05, 3.63) is 101 Å². The summed E-state index contributed by atoms with van der Waals surface area (Å²) in [4.78, 5) is 2.03. The van der Waals surface area contributed by atoms with Crippen molar-refractivity contribution in [2.24, 2.45) is 0 Å². The predicted octanol–water partition coefficient (Wildman–Crippen LogP) is 3.18. The molecule has 0 atom stereocenters. The van der Waals surface area contributed by atoms with Gasteiger partial charge in [0, 0.05) is 24.9 Å². The lowest BCUT2D eigenvalue weighted by atomic mass is 9.77. The Bertz CT molecular complexity index is 1180. The Balaban J connectivity index is 1.73. The van der Waals surface area contributed by atoms with Crippen molar-refractivity contribution < 1.29 is 14.8 Å². The first kappa shape index (κ1) is 22.6. The Labute approximate surface area is 188 Å². The number of ether oxygens (including phenoxy) is 1. The van der Waals surface area contributed by atoms with E-state index >= 15 is 0 Å². The van der Waals surface area contributed by atoms with Gasteiger partial charge >= 0.3 is 7.12 Å². The summed E-state index contributed by atoms with van der Waals surface area (Å²) in [5.41, 5.74) is 3.85. The molecule has 158 valence electrons. The minimum atomic E-state index is -1.50. The van der Waals surface area contributed by atoms with E-state index in [2.05, 4.69) is 0 Å². The zero-order chi connectivity index (χ0) is 23.1. The van der Waals surface area contributed by atoms with Gasteiger partial charge in [0.05, 0.1) is 0 Å². The second-order valence-electron chi connectivity index (χ2n) is 7.31. The standard InChI is InChI=1S/C25H22BN3O3/c1-18-13-21(22(15-27)16-28)14-24(32-18)12-9-19-7-10-23(11-8-19)29(2)17-20-5-3-4-6-25(20)26(30)31/h3-14,30-31H,17H2,1-2H3/b12-9+. The van der Waals surface area contributed by atoms with E-state index in [-0.39, 0.29) is 5.57 Å². The Morgan fingerprint density at radius 2 is 1.72 bits per heavy atom. The summed E-state index contributed by atoms with van der Waals surface area (Å²) in [5, 5.41) is 37.3. The number of nitriles is 2. The van der Waals surface area contributed by atoms with Gasteiger partial charge in [-0.05, 0) is 53.9 Å². The lowest BCUT2D eigenvalue weighted by Gasteiger charge is -2.21. The molecule has 0 bridgehead atoms. The van der Waals surface area contributed by atoms with Crippen molar-refractivity contribution >= 4 is 24.3 Å². The lowest BCUT2D eigenvalue weighted by molar-refractivity contribution is 0.318. The second kappa shape index (κ2) is 10.3. The molecule has 32 heavy (non-hydrogen) atoms. The molecule has 0 unspecified atom stereocenters. The van der Waals surface area contributed by atoms with Crippen LogP contribution in [0.15, 0.2) is 89.4 Å². The molecule has 2 aromatic carbocycles. The van der Waals surface area contributed by atoms with Crippen LogP contribution < -0.4 is 10.4 Å². The smallest absolute Gasteiger partial charge is 0.462 e. The molecular formula is C25H22BN3O3. The molecule has 0 saturated heterocycles. The molecule has 6 nitrogen and oxygen atoms in total. The minimum absolute atomic E-state index is 0.0428. The summed E-state index contributed by atoms with van der Waals surface area (Å²) in [6.45, 7) is 2.30. The maximum Gasteiger partial charge on any atom is 0.488 e. The monoisotopic (exact) mass is 423 g/mol. The van der Waals surface area contributed by atoms with E-state index in [9.17, 15) is 10.0 Å². The summed E-state index contributed by atoms with van der Waals surface area (Å²) in [5.74, 6) is 1.15. The number of hydrogen-bond acceptors (Lipinski definition) is 6. The SMILES string of the molecule is CC1=CC(=C(C#N)C#N)C=C(/C=C/c2ccc(N(C)Cc3ccccc3B(O)O)cc2)O1. The number of anilines is 1. The van der Waals surface area contributed by atoms with Gasteiger partial charge in [-0.1, -0.05) is 42.5 Å². The summed E-state index contributed by atoms with van der Waals surface area (Å²) >= 11 is 0. The zero-order valence-corrected chi connectivity index (χ0v) is 17.9. The molecule has 0 saturated carbocycles. The van der Waals surface area contributed by atoms with E-state index in [0.29, 0.717) is 29.1 Å². The Morgan fingerprint density at radius 1 is 1.03 bits per heavy atom. The molecule has 0 aliphatic carbocycles. The fraction of sp³-hybridized carbons (Fsp3) is 0.120. The van der Waals surface area contributed by atoms with Crippen LogP contribution in [0.3, 0.4) is 0 Å². The second-order valence-corrected chi connectivity index (χ2v) is 7.31. The normalized spacial score (nSPS) is 12.9. The van der Waals surface area contributed by atoms with Crippen molar-refractivity contribution in [2.75, 3.05) is 11.9 Å². The zero-order valence-electron chi connectivity index (χ0n) is 17.9. The molecule has 1 aliphatic heterocycles. The van der Waals surface area contributed by atoms with Crippen LogP contribution in [0.4, 0.5) is 5.69 Å². The van der Waals surface area contributed by atoms with Crippen molar-refractivity contribution in [2.45, 2.75) is 13.5 Å². The van der Waals surface area contributed by atoms with E-state index in [4.69, 9.17) is 15.3 Å². The average molecular weight is 423 g/mol. The molecule has 0 fully saturated rings. The molecular weight excluding hydrogens is 401 g/mol. The maximum absolute atomic E-state index is 9.56. The third kappa shape index (κ3) is 5.56. The summed E-state index contributed by atoms with van der Waals surface area (Å²) < 4.78 is 5.67. The summed E-state index contributed by atoms with van der Waals surface area (Å²) in [6, 6.07) is 18.9. The van der Waals surface area contributed by atoms with Gasteiger partial charge in [-0.3, -0.25) is 0 Å². The number of rotatable bonds is 6. The average Bonchev–Trinajstić information content (AvgIpc) is 2.79. The molecule has 0 aromatic heterocycles. The van der Waals surface area contributed by atoms with E-state index in [1.807, 2.05) is 66.6 Å². The number of allylic oxidation sites excluding steroid dienone is 6. The summed E-state index contributed by atoms with van der Waals surface area (Å²) in [6.07, 6.45) is 7.01. The van der Waals surface area contributed by atoms with Crippen LogP contribution in [-0.2, 0) is 11.3 Å². The highest BCUT2D eigenvalue weighted by Crippen LogP contribution is 2.23. The minimum Gasteiger partial charge on any atom is -0.462 e. The molecule has 0 spiro atoms. The third-order valence-electron chi connectivity index (χ3n) is 4.96. The van der Waals surface area contributed by atoms with Gasteiger partial charge in [0.25, 0.3) is 0 Å². The van der Waals surface area contributed by atoms with Gasteiger partial charge in [-0.15, -0.1) is 0 Å². The summed E-state index contributed by atoms with van der Waals surface area (Å²) in [7, 11) is 0.437. The van der Waals surface area contributed by atoms with E-state index < -0.39 is 7.12 Å². The predicted molar refractivity (Wildman–Crippen MR) is 125 cm³/mol. The third-order valence-corrected chi connectivity index (χ3v) is 4.96. The highest BCUT2D eigenvalue weighted by atomic mass is 16.5. The van der Waals surface area contributed by atoms with Crippen LogP contribution in [0.25, 0.3) is 6.08 Å². The van der Waals surface area contributed by atoms with E-state index in [1.54, 1.807) is 37.3 Å². The number of hydrogen-bond donors (Lipinski definition) is 2. The molecule has 0 amide bonds. The van der Waals surface area contributed by atoms with Gasteiger partial charge in [0.1, 0.15) is 29.2 Å². The molecule has 2 N–H and O–H groups in total. The van der Waals surface area contributed by atoms with Crippen LogP contribution in [-0.4, -0.2) is 24.2 Å². The van der Waals surface area contributed by atoms with Crippen LogP contribution in [0.1, 0.15) is 18.1 Å². The quantitative estimate of drug-likeness (QED) is 0.547. The van der Waals surface area contributed by atoms with Gasteiger partial charge < -0.3 is 19.7 Å². The van der Waals surface area contributed by atoms with E-state index in [1.165, 1.54) is 0 Å². The molecule has 0 radical (unpaired) electrons. The van der Waals surface area contributed by atoms with Crippen molar-refractivity contribution in [1.82, 2.24) is 0 Å². The van der Waals surface area contributed by atoms with E-state index in [0.717, 1.165) is 16.8 Å². The van der Waals surface area contributed by atoms with Crippen molar-refractivity contribution in [3.8, 4) is 12.1 Å². The lowest BCUT2D eigenvalue weighted by Crippen LogP contribution is -2.35. The van der Waals surface area contributed by atoms with Gasteiger partial charge in [0.2, 0.25) is 0 Å². The Hall–Kier alpha value is -4.04. The fourth-order valence-electron chi connectivity index (χ4n) is 3.33. The van der Waals surface area contributed by atoms with Gasteiger partial charge in [0.15, 0.2) is 0 Å². The first-order valence-electron chi connectivity index (χ1n) is 9.97. The van der Waals surface area contributed by atoms with Crippen molar-refractivity contribution in [1.29, 1.82) is 10.5 Å². The topological polar surface area (TPSA) is 101 Å². The number of nitrogens with zero attached hydrogens (tertiary/aromatic N) is 3. The highest BCUT2D eigenvalue weighted by Gasteiger charge is 2.16. The molecule has 1 heterocycles. The highest BCUT2D eigenvalue weighted by molar-refractivity contribution is 6.59. The van der Waals surface area contributed by atoms with Crippen molar-refractivity contribution in [3.63, 3.8) is 0 Å². The largest absolute Gasteiger partial charge is 0.488 e. The first-order valence-corrected chi connectivity index (χ1v) is 9.97. The Morgan fingerprint density at radius 3 is 2.38 bits per heavy atom. The van der Waals surface area contributed by atoms with Crippen LogP contribution in [0, 0.1) is 22.7 Å². The van der Waals surface area contributed by atoms with Crippen LogP contribution >= 0.6 is 0 Å². The Kier molecular flexibility index (Phi) is 7.31. The maximum atomic E-state index is 9.56. The van der Waals surface area contributed by atoms with Gasteiger partial charge in [-0.2, -0.15) is 10.5 Å². The molecule has 3 rings (SSSR count).